The summed E-state index contributed by atoms with van der Waals surface area (Å²) in [7, 11) is 1.79. The molecular weight excluding hydrogens is 248 g/mol. The number of carbonyl (C=O) groups excluding carboxylic acids is 1. The van der Waals surface area contributed by atoms with E-state index in [1.54, 1.807) is 36.2 Å². The fourth-order valence-electron chi connectivity index (χ4n) is 2.22. The fourth-order valence-corrected chi connectivity index (χ4v) is 2.72. The van der Waals surface area contributed by atoms with Crippen molar-refractivity contribution in [3.05, 3.63) is 35.4 Å². The van der Waals surface area contributed by atoms with Crippen LogP contribution in [0.3, 0.4) is 0 Å². The summed E-state index contributed by atoms with van der Waals surface area (Å²) in [5.74, 6) is 0.478. The zero-order valence-corrected chi connectivity index (χ0v) is 11.0. The number of rotatable bonds is 3. The Hall–Kier alpha value is -1.53. The van der Waals surface area contributed by atoms with Crippen molar-refractivity contribution in [2.24, 2.45) is 5.92 Å². The molecule has 1 aliphatic rings. The van der Waals surface area contributed by atoms with Crippen LogP contribution in [0, 0.1) is 17.2 Å². The Morgan fingerprint density at radius 1 is 1.56 bits per heavy atom. The summed E-state index contributed by atoms with van der Waals surface area (Å²) >= 11 is 5.92. The molecule has 0 heterocycles. The maximum atomic E-state index is 12.2. The van der Waals surface area contributed by atoms with Crippen LogP contribution in [0.5, 0.6) is 0 Å². The van der Waals surface area contributed by atoms with Crippen molar-refractivity contribution in [3.63, 3.8) is 0 Å². The molecule has 1 fully saturated rings. The summed E-state index contributed by atoms with van der Waals surface area (Å²) in [6.45, 7) is 0.735. The van der Waals surface area contributed by atoms with E-state index in [0.717, 1.165) is 19.4 Å². The van der Waals surface area contributed by atoms with E-state index in [-0.39, 0.29) is 11.3 Å². The molecule has 0 aromatic heterocycles. The van der Waals surface area contributed by atoms with Crippen molar-refractivity contribution >= 4 is 17.5 Å². The Labute approximate surface area is 112 Å². The van der Waals surface area contributed by atoms with Crippen LogP contribution in [0.1, 0.15) is 28.8 Å². The predicted molar refractivity (Wildman–Crippen MR) is 70.5 cm³/mol. The van der Waals surface area contributed by atoms with Gasteiger partial charge in [0.1, 0.15) is 0 Å². The number of amides is 1. The number of benzene rings is 1. The second kappa shape index (κ2) is 5.41. The highest BCUT2D eigenvalue weighted by molar-refractivity contribution is 6.21. The number of hydrogen-bond donors (Lipinski definition) is 0. The van der Waals surface area contributed by atoms with Gasteiger partial charge < -0.3 is 4.90 Å². The van der Waals surface area contributed by atoms with E-state index in [9.17, 15) is 4.79 Å². The molecule has 18 heavy (non-hydrogen) atoms. The Kier molecular flexibility index (Phi) is 3.88. The van der Waals surface area contributed by atoms with Gasteiger partial charge in [-0.3, -0.25) is 4.79 Å². The molecule has 94 valence electrons. The summed E-state index contributed by atoms with van der Waals surface area (Å²) in [5.41, 5.74) is 1.08. The zero-order valence-electron chi connectivity index (χ0n) is 10.3. The quantitative estimate of drug-likeness (QED) is 0.786. The van der Waals surface area contributed by atoms with Gasteiger partial charge in [0.05, 0.1) is 11.6 Å². The van der Waals surface area contributed by atoms with Crippen molar-refractivity contribution < 1.29 is 4.79 Å². The molecular formula is C14H15ClN2O. The van der Waals surface area contributed by atoms with Crippen LogP contribution in [0.2, 0.25) is 0 Å². The first-order valence-corrected chi connectivity index (χ1v) is 6.43. The maximum Gasteiger partial charge on any atom is 0.253 e. The Balaban J connectivity index is 1.99. The van der Waals surface area contributed by atoms with Crippen LogP contribution in [0.4, 0.5) is 0 Å². The van der Waals surface area contributed by atoms with Gasteiger partial charge in [0, 0.05) is 24.5 Å². The molecule has 3 nitrogen and oxygen atoms in total. The first-order valence-electron chi connectivity index (χ1n) is 6.00. The van der Waals surface area contributed by atoms with Crippen molar-refractivity contribution in [3.8, 4) is 6.07 Å². The van der Waals surface area contributed by atoms with Crippen LogP contribution in [-0.2, 0) is 0 Å². The van der Waals surface area contributed by atoms with Crippen molar-refractivity contribution in [2.45, 2.75) is 18.2 Å². The zero-order chi connectivity index (χ0) is 13.1. The van der Waals surface area contributed by atoms with Crippen LogP contribution in [0.15, 0.2) is 24.3 Å². The lowest BCUT2D eigenvalue weighted by Gasteiger charge is -2.34. The molecule has 0 N–H and O–H groups in total. The molecule has 0 atom stereocenters. The van der Waals surface area contributed by atoms with Gasteiger partial charge in [-0.15, -0.1) is 11.6 Å². The average Bonchev–Trinajstić information content (AvgIpc) is 2.36. The predicted octanol–water partition coefficient (Wildman–Crippen LogP) is 2.65. The SMILES string of the molecule is CN(CC1CC(Cl)C1)C(=O)c1cccc(C#N)c1. The minimum atomic E-state index is -0.0369. The number of hydrogen-bond acceptors (Lipinski definition) is 2. The first-order chi connectivity index (χ1) is 8.60. The minimum absolute atomic E-state index is 0.0369. The summed E-state index contributed by atoms with van der Waals surface area (Å²) in [6.07, 6.45) is 1.97. The van der Waals surface area contributed by atoms with Crippen molar-refractivity contribution in [2.75, 3.05) is 13.6 Å². The lowest BCUT2D eigenvalue weighted by molar-refractivity contribution is 0.0747. The third kappa shape index (κ3) is 2.83. The van der Waals surface area contributed by atoms with Crippen LogP contribution in [-0.4, -0.2) is 29.8 Å². The van der Waals surface area contributed by atoms with E-state index in [0.29, 0.717) is 17.0 Å². The third-order valence-corrected chi connectivity index (χ3v) is 3.65. The number of nitriles is 1. The normalized spacial score (nSPS) is 21.8. The second-order valence-corrected chi connectivity index (χ2v) is 5.43. The first kappa shape index (κ1) is 12.9. The molecule has 0 unspecified atom stereocenters. The van der Waals surface area contributed by atoms with Gasteiger partial charge >= 0.3 is 0 Å². The van der Waals surface area contributed by atoms with Crippen molar-refractivity contribution in [1.29, 1.82) is 5.26 Å². The van der Waals surface area contributed by atoms with E-state index < -0.39 is 0 Å². The van der Waals surface area contributed by atoms with E-state index in [4.69, 9.17) is 16.9 Å². The number of alkyl halides is 1. The molecule has 0 spiro atoms. The van der Waals surface area contributed by atoms with Gasteiger partial charge in [0.2, 0.25) is 0 Å². The van der Waals surface area contributed by atoms with Gasteiger partial charge in [0.25, 0.3) is 5.91 Å². The van der Waals surface area contributed by atoms with E-state index in [1.807, 2.05) is 6.07 Å². The molecule has 0 radical (unpaired) electrons. The average molecular weight is 263 g/mol. The molecule has 4 heteroatoms. The third-order valence-electron chi connectivity index (χ3n) is 3.30. The topological polar surface area (TPSA) is 44.1 Å². The van der Waals surface area contributed by atoms with Crippen LogP contribution < -0.4 is 0 Å². The number of carbonyl (C=O) groups is 1. The molecule has 1 amide bonds. The largest absolute Gasteiger partial charge is 0.341 e. The van der Waals surface area contributed by atoms with Crippen LogP contribution in [0.25, 0.3) is 0 Å². The standard InChI is InChI=1S/C14H15ClN2O/c1-17(9-11-6-13(15)7-11)14(18)12-4-2-3-10(5-12)8-16/h2-5,11,13H,6-7,9H2,1H3. The smallest absolute Gasteiger partial charge is 0.253 e. The molecule has 0 saturated heterocycles. The van der Waals surface area contributed by atoms with Gasteiger partial charge in [0.15, 0.2) is 0 Å². The van der Waals surface area contributed by atoms with Gasteiger partial charge in [-0.05, 0) is 37.0 Å². The molecule has 1 saturated carbocycles. The van der Waals surface area contributed by atoms with E-state index in [2.05, 4.69) is 0 Å². The van der Waals surface area contributed by atoms with Crippen molar-refractivity contribution in [1.82, 2.24) is 4.90 Å². The minimum Gasteiger partial charge on any atom is -0.341 e. The highest BCUT2D eigenvalue weighted by Gasteiger charge is 2.29. The monoisotopic (exact) mass is 262 g/mol. The Bertz CT molecular complexity index is 489. The molecule has 2 rings (SSSR count). The van der Waals surface area contributed by atoms with Crippen LogP contribution >= 0.6 is 11.6 Å². The van der Waals surface area contributed by atoms with E-state index in [1.165, 1.54) is 0 Å². The van der Waals surface area contributed by atoms with E-state index >= 15 is 0 Å². The Morgan fingerprint density at radius 2 is 2.28 bits per heavy atom. The fraction of sp³-hybridized carbons (Fsp3) is 0.429. The lowest BCUT2D eigenvalue weighted by Crippen LogP contribution is -2.37. The highest BCUT2D eigenvalue weighted by atomic mass is 35.5. The highest BCUT2D eigenvalue weighted by Crippen LogP contribution is 2.32. The summed E-state index contributed by atoms with van der Waals surface area (Å²) in [4.78, 5) is 13.9. The molecule has 0 bridgehead atoms. The van der Waals surface area contributed by atoms with Gasteiger partial charge in [-0.1, -0.05) is 6.07 Å². The molecule has 1 aromatic rings. The van der Waals surface area contributed by atoms with Gasteiger partial charge in [-0.25, -0.2) is 0 Å². The summed E-state index contributed by atoms with van der Waals surface area (Å²) in [5, 5.41) is 9.09. The molecule has 1 aliphatic carbocycles. The lowest BCUT2D eigenvalue weighted by atomic mass is 9.84. The molecule has 0 aliphatic heterocycles. The summed E-state index contributed by atoms with van der Waals surface area (Å²) in [6, 6.07) is 8.84. The maximum absolute atomic E-state index is 12.2. The van der Waals surface area contributed by atoms with Gasteiger partial charge in [-0.2, -0.15) is 5.26 Å². The second-order valence-electron chi connectivity index (χ2n) is 4.81. The Morgan fingerprint density at radius 3 is 2.89 bits per heavy atom. The molecule has 1 aromatic carbocycles. The number of nitrogens with zero attached hydrogens (tertiary/aromatic N) is 2. The summed E-state index contributed by atoms with van der Waals surface area (Å²) < 4.78 is 0. The number of halogens is 1.